The number of rotatable bonds is 4. The number of pyridine rings is 1. The van der Waals surface area contributed by atoms with Crippen LogP contribution in [0.5, 0.6) is 0 Å². The highest BCUT2D eigenvalue weighted by molar-refractivity contribution is 5.49. The molecule has 0 aliphatic carbocycles. The summed E-state index contributed by atoms with van der Waals surface area (Å²) in [6.45, 7) is 6.41. The summed E-state index contributed by atoms with van der Waals surface area (Å²) >= 11 is 0. The van der Waals surface area contributed by atoms with Gasteiger partial charge in [-0.25, -0.2) is 4.98 Å². The summed E-state index contributed by atoms with van der Waals surface area (Å²) < 4.78 is 0. The van der Waals surface area contributed by atoms with Crippen LogP contribution in [-0.2, 0) is 6.54 Å². The third kappa shape index (κ3) is 3.30. The van der Waals surface area contributed by atoms with Crippen LogP contribution in [0.15, 0.2) is 48.7 Å². The largest absolute Gasteiger partial charge is 0.354 e. The van der Waals surface area contributed by atoms with Crippen LogP contribution in [0, 0.1) is 0 Å². The molecular weight excluding hydrogens is 296 g/mol. The van der Waals surface area contributed by atoms with E-state index in [-0.39, 0.29) is 0 Å². The van der Waals surface area contributed by atoms with Gasteiger partial charge in [-0.2, -0.15) is 0 Å². The lowest BCUT2D eigenvalue weighted by atomic mass is 10.0. The van der Waals surface area contributed by atoms with Gasteiger partial charge in [0.15, 0.2) is 0 Å². The summed E-state index contributed by atoms with van der Waals surface area (Å²) in [6, 6.07) is 15.7. The molecule has 2 aliphatic rings. The van der Waals surface area contributed by atoms with Crippen molar-refractivity contribution in [3.8, 4) is 0 Å². The highest BCUT2D eigenvalue weighted by atomic mass is 15.2. The fourth-order valence-corrected chi connectivity index (χ4v) is 4.00. The number of likely N-dealkylation sites (tertiary alicyclic amines) is 1. The maximum Gasteiger partial charge on any atom is 0.133 e. The van der Waals surface area contributed by atoms with Crippen LogP contribution in [-0.4, -0.2) is 42.6 Å². The summed E-state index contributed by atoms with van der Waals surface area (Å²) in [5.41, 5.74) is 2.81. The molecule has 0 bridgehead atoms. The monoisotopic (exact) mass is 322 g/mol. The van der Waals surface area contributed by atoms with Gasteiger partial charge < -0.3 is 10.2 Å². The predicted octanol–water partition coefficient (Wildman–Crippen LogP) is 2.83. The molecule has 126 valence electrons. The Morgan fingerprint density at radius 2 is 1.83 bits per heavy atom. The maximum atomic E-state index is 4.76. The average molecular weight is 322 g/mol. The molecule has 1 unspecified atom stereocenters. The summed E-state index contributed by atoms with van der Waals surface area (Å²) in [5, 5.41) is 3.44. The fraction of sp³-hybridized carbons (Fsp3) is 0.450. The molecule has 24 heavy (non-hydrogen) atoms. The van der Waals surface area contributed by atoms with Crippen LogP contribution < -0.4 is 10.2 Å². The number of anilines is 1. The third-order valence-corrected chi connectivity index (χ3v) is 5.18. The Labute approximate surface area is 144 Å². The van der Waals surface area contributed by atoms with Crippen molar-refractivity contribution in [3.05, 3.63) is 59.8 Å². The van der Waals surface area contributed by atoms with Crippen molar-refractivity contribution in [2.24, 2.45) is 0 Å². The lowest BCUT2D eigenvalue weighted by Crippen LogP contribution is -2.44. The number of aromatic nitrogens is 1. The number of piperazine rings is 1. The Morgan fingerprint density at radius 3 is 2.67 bits per heavy atom. The molecule has 0 radical (unpaired) electrons. The standard InChI is InChI=1S/C20H26N4/c1-2-6-17(7-3-1)16-24-13-5-9-19(24)18-8-4-10-22-20(18)23-14-11-21-12-15-23/h1-4,6-8,10,19,21H,5,9,11-16H2. The van der Waals surface area contributed by atoms with Gasteiger partial charge in [0.2, 0.25) is 0 Å². The summed E-state index contributed by atoms with van der Waals surface area (Å²) in [4.78, 5) is 9.83. The molecule has 2 aromatic rings. The topological polar surface area (TPSA) is 31.4 Å². The summed E-state index contributed by atoms with van der Waals surface area (Å²) in [6.07, 6.45) is 4.45. The average Bonchev–Trinajstić information content (AvgIpc) is 3.11. The second-order valence-corrected chi connectivity index (χ2v) is 6.77. The number of hydrogen-bond donors (Lipinski definition) is 1. The minimum atomic E-state index is 0.490. The van der Waals surface area contributed by atoms with Gasteiger partial charge >= 0.3 is 0 Å². The van der Waals surface area contributed by atoms with Crippen LogP contribution >= 0.6 is 0 Å². The Morgan fingerprint density at radius 1 is 1.00 bits per heavy atom. The normalized spacial score (nSPS) is 22.0. The van der Waals surface area contributed by atoms with Gasteiger partial charge in [-0.05, 0) is 31.0 Å². The van der Waals surface area contributed by atoms with Crippen molar-refractivity contribution in [1.82, 2.24) is 15.2 Å². The zero-order valence-corrected chi connectivity index (χ0v) is 14.2. The molecule has 1 atom stereocenters. The van der Waals surface area contributed by atoms with Gasteiger partial charge in [-0.1, -0.05) is 36.4 Å². The SMILES string of the molecule is c1ccc(CN2CCCC2c2cccnc2N2CCNCC2)cc1. The molecule has 2 saturated heterocycles. The molecule has 0 saturated carbocycles. The minimum Gasteiger partial charge on any atom is -0.354 e. The second kappa shape index (κ2) is 7.32. The van der Waals surface area contributed by atoms with E-state index in [9.17, 15) is 0 Å². The van der Waals surface area contributed by atoms with Crippen LogP contribution in [0.2, 0.25) is 0 Å². The quantitative estimate of drug-likeness (QED) is 0.938. The number of nitrogens with zero attached hydrogens (tertiary/aromatic N) is 3. The van der Waals surface area contributed by atoms with Crippen molar-refractivity contribution in [1.29, 1.82) is 0 Å². The zero-order chi connectivity index (χ0) is 16.2. The molecule has 3 heterocycles. The van der Waals surface area contributed by atoms with Crippen molar-refractivity contribution < 1.29 is 0 Å². The molecular formula is C20H26N4. The first-order chi connectivity index (χ1) is 11.9. The molecule has 1 N–H and O–H groups in total. The molecule has 4 heteroatoms. The fourth-order valence-electron chi connectivity index (χ4n) is 4.00. The van der Waals surface area contributed by atoms with Crippen LogP contribution in [0.1, 0.15) is 30.0 Å². The molecule has 1 aromatic carbocycles. The van der Waals surface area contributed by atoms with Crippen molar-refractivity contribution in [2.45, 2.75) is 25.4 Å². The van der Waals surface area contributed by atoms with E-state index in [1.54, 1.807) is 0 Å². The van der Waals surface area contributed by atoms with Crippen molar-refractivity contribution in [2.75, 3.05) is 37.6 Å². The first-order valence-corrected chi connectivity index (χ1v) is 9.10. The molecule has 4 rings (SSSR count). The maximum absolute atomic E-state index is 4.76. The van der Waals surface area contributed by atoms with E-state index in [0.29, 0.717) is 6.04 Å². The molecule has 1 aromatic heterocycles. The Balaban J connectivity index is 1.58. The Hall–Kier alpha value is -1.91. The van der Waals surface area contributed by atoms with Gasteiger partial charge in [0.05, 0.1) is 0 Å². The van der Waals surface area contributed by atoms with Crippen molar-refractivity contribution in [3.63, 3.8) is 0 Å². The van der Waals surface area contributed by atoms with E-state index >= 15 is 0 Å². The lowest BCUT2D eigenvalue weighted by molar-refractivity contribution is 0.248. The summed E-state index contributed by atoms with van der Waals surface area (Å²) in [7, 11) is 0. The number of benzene rings is 1. The molecule has 2 fully saturated rings. The third-order valence-electron chi connectivity index (χ3n) is 5.18. The first kappa shape index (κ1) is 15.6. The summed E-state index contributed by atoms with van der Waals surface area (Å²) in [5.74, 6) is 1.20. The smallest absolute Gasteiger partial charge is 0.133 e. The van der Waals surface area contributed by atoms with E-state index < -0.39 is 0 Å². The molecule has 0 spiro atoms. The minimum absolute atomic E-state index is 0.490. The molecule has 4 nitrogen and oxygen atoms in total. The molecule has 2 aliphatic heterocycles. The van der Waals surface area contributed by atoms with E-state index in [2.05, 4.69) is 57.6 Å². The highest BCUT2D eigenvalue weighted by Crippen LogP contribution is 2.37. The Bertz CT molecular complexity index is 652. The van der Waals surface area contributed by atoms with Crippen LogP contribution in [0.4, 0.5) is 5.82 Å². The van der Waals surface area contributed by atoms with E-state index in [4.69, 9.17) is 4.98 Å². The van der Waals surface area contributed by atoms with Gasteiger partial charge in [-0.3, -0.25) is 4.90 Å². The van der Waals surface area contributed by atoms with Gasteiger partial charge in [-0.15, -0.1) is 0 Å². The highest BCUT2D eigenvalue weighted by Gasteiger charge is 2.29. The van der Waals surface area contributed by atoms with E-state index in [1.807, 2.05) is 6.20 Å². The zero-order valence-electron chi connectivity index (χ0n) is 14.2. The van der Waals surface area contributed by atoms with E-state index in [1.165, 1.54) is 36.3 Å². The number of nitrogens with one attached hydrogen (secondary N) is 1. The Kier molecular flexibility index (Phi) is 4.76. The van der Waals surface area contributed by atoms with Gasteiger partial charge in [0.1, 0.15) is 5.82 Å². The van der Waals surface area contributed by atoms with Crippen LogP contribution in [0.3, 0.4) is 0 Å². The van der Waals surface area contributed by atoms with Crippen LogP contribution in [0.25, 0.3) is 0 Å². The second-order valence-electron chi connectivity index (χ2n) is 6.77. The predicted molar refractivity (Wildman–Crippen MR) is 98.1 cm³/mol. The number of hydrogen-bond acceptors (Lipinski definition) is 4. The molecule has 0 amide bonds. The van der Waals surface area contributed by atoms with Crippen molar-refractivity contribution >= 4 is 5.82 Å². The van der Waals surface area contributed by atoms with Gasteiger partial charge in [0.25, 0.3) is 0 Å². The van der Waals surface area contributed by atoms with E-state index in [0.717, 1.165) is 32.7 Å². The first-order valence-electron chi connectivity index (χ1n) is 9.10. The lowest BCUT2D eigenvalue weighted by Gasteiger charge is -2.33. The van der Waals surface area contributed by atoms with Gasteiger partial charge in [0, 0.05) is 50.5 Å².